The van der Waals surface area contributed by atoms with Crippen LogP contribution in [0.15, 0.2) is 0 Å². The molecule has 0 rings (SSSR count). The molecule has 0 aromatic rings. The molecule has 0 heterocycles. The Kier molecular flexibility index (Phi) is 5.50. The smallest absolute Gasteiger partial charge is 0.220 e. The van der Waals surface area contributed by atoms with Gasteiger partial charge in [0, 0.05) is 6.42 Å². The first-order valence-corrected chi connectivity index (χ1v) is 5.64. The summed E-state index contributed by atoms with van der Waals surface area (Å²) in [6, 6.07) is 0. The number of carbonyl (C=O) groups is 1. The van der Waals surface area contributed by atoms with Crippen molar-refractivity contribution in [3.63, 3.8) is 0 Å². The number of carbonyl (C=O) groups excluding carboxylic acids is 1. The van der Waals surface area contributed by atoms with Gasteiger partial charge < -0.3 is 5.32 Å². The predicted octanol–water partition coefficient (Wildman–Crippen LogP) is 2.94. The van der Waals surface area contributed by atoms with E-state index in [0.717, 1.165) is 6.42 Å². The average molecular weight is 220 g/mol. The maximum atomic E-state index is 11.5. The Bertz CT molecular complexity index is 188. The highest BCUT2D eigenvalue weighted by Gasteiger charge is 2.25. The molecule has 0 saturated heterocycles. The molecule has 1 N–H and O–H groups in total. The molecular weight excluding hydrogens is 198 g/mol. The molecule has 0 aromatic heterocycles. The second kappa shape index (κ2) is 5.59. The number of halogens is 1. The van der Waals surface area contributed by atoms with Crippen molar-refractivity contribution < 1.29 is 4.79 Å². The van der Waals surface area contributed by atoms with Crippen molar-refractivity contribution in [2.45, 2.75) is 58.4 Å². The second-order valence-electron chi connectivity index (χ2n) is 4.82. The lowest BCUT2D eigenvalue weighted by molar-refractivity contribution is -0.122. The molecule has 0 aliphatic carbocycles. The summed E-state index contributed by atoms with van der Waals surface area (Å²) in [6.07, 6.45) is 1.52. The van der Waals surface area contributed by atoms with Crippen molar-refractivity contribution in [2.75, 3.05) is 0 Å². The summed E-state index contributed by atoms with van der Waals surface area (Å²) in [5.41, 5.74) is -0.324. The van der Waals surface area contributed by atoms with Crippen molar-refractivity contribution in [3.05, 3.63) is 0 Å². The van der Waals surface area contributed by atoms with Crippen molar-refractivity contribution >= 4 is 17.5 Å². The van der Waals surface area contributed by atoms with E-state index in [1.807, 2.05) is 20.8 Å². The van der Waals surface area contributed by atoms with Crippen molar-refractivity contribution in [1.29, 1.82) is 0 Å². The van der Waals surface area contributed by atoms with Crippen LogP contribution < -0.4 is 5.32 Å². The molecule has 2 nitrogen and oxygen atoms in total. The molecular formula is C11H22ClNO. The Balaban J connectivity index is 3.94. The summed E-state index contributed by atoms with van der Waals surface area (Å²) in [5, 5.41) is 2.88. The van der Waals surface area contributed by atoms with Crippen LogP contribution in [-0.4, -0.2) is 16.8 Å². The molecule has 0 radical (unpaired) electrons. The minimum Gasteiger partial charge on any atom is -0.350 e. The van der Waals surface area contributed by atoms with Gasteiger partial charge in [-0.15, -0.1) is 11.6 Å². The highest BCUT2D eigenvalue weighted by atomic mass is 35.5. The van der Waals surface area contributed by atoms with E-state index in [1.165, 1.54) is 0 Å². The van der Waals surface area contributed by atoms with Crippen LogP contribution in [0.2, 0.25) is 0 Å². The normalized spacial score (nSPS) is 14.2. The number of hydrogen-bond donors (Lipinski definition) is 1. The minimum atomic E-state index is -0.324. The summed E-state index contributed by atoms with van der Waals surface area (Å²) < 4.78 is 0. The van der Waals surface area contributed by atoms with E-state index in [2.05, 4.69) is 19.2 Å². The third kappa shape index (κ3) is 5.48. The first-order valence-electron chi connectivity index (χ1n) is 5.20. The van der Waals surface area contributed by atoms with Gasteiger partial charge >= 0.3 is 0 Å². The van der Waals surface area contributed by atoms with Crippen molar-refractivity contribution in [2.24, 2.45) is 5.92 Å². The van der Waals surface area contributed by atoms with E-state index in [0.29, 0.717) is 12.3 Å². The number of amides is 1. The van der Waals surface area contributed by atoms with Gasteiger partial charge in [-0.25, -0.2) is 0 Å². The number of alkyl halides is 1. The van der Waals surface area contributed by atoms with Crippen LogP contribution in [0.1, 0.15) is 47.5 Å². The maximum absolute atomic E-state index is 11.5. The molecule has 0 aliphatic rings. The van der Waals surface area contributed by atoms with Crippen LogP contribution in [0.25, 0.3) is 0 Å². The summed E-state index contributed by atoms with van der Waals surface area (Å²) in [7, 11) is 0. The molecule has 1 amide bonds. The fraction of sp³-hybridized carbons (Fsp3) is 0.909. The zero-order valence-electron chi connectivity index (χ0n) is 9.86. The molecule has 1 unspecified atom stereocenters. The van der Waals surface area contributed by atoms with Crippen LogP contribution in [0, 0.1) is 5.92 Å². The zero-order valence-corrected chi connectivity index (χ0v) is 10.6. The number of nitrogens with one attached hydrogen (secondary N) is 1. The SMILES string of the molecule is CC(C)CCC(=O)NC(C)(C)C(C)Cl. The van der Waals surface area contributed by atoms with Gasteiger partial charge in [0.05, 0.1) is 10.9 Å². The second-order valence-corrected chi connectivity index (χ2v) is 5.47. The van der Waals surface area contributed by atoms with Gasteiger partial charge in [-0.1, -0.05) is 13.8 Å². The van der Waals surface area contributed by atoms with Crippen LogP contribution in [-0.2, 0) is 4.79 Å². The topological polar surface area (TPSA) is 29.1 Å². The van der Waals surface area contributed by atoms with Gasteiger partial charge in [-0.05, 0) is 33.1 Å². The minimum absolute atomic E-state index is 0.0644. The Hall–Kier alpha value is -0.240. The average Bonchev–Trinajstić information content (AvgIpc) is 1.99. The van der Waals surface area contributed by atoms with Gasteiger partial charge in [-0.2, -0.15) is 0 Å². The Morgan fingerprint density at radius 2 is 1.86 bits per heavy atom. The summed E-state index contributed by atoms with van der Waals surface area (Å²) in [6.45, 7) is 10.0. The third-order valence-electron chi connectivity index (χ3n) is 2.40. The molecule has 14 heavy (non-hydrogen) atoms. The van der Waals surface area contributed by atoms with E-state index in [1.54, 1.807) is 0 Å². The number of hydrogen-bond acceptors (Lipinski definition) is 1. The van der Waals surface area contributed by atoms with E-state index in [9.17, 15) is 4.79 Å². The summed E-state index contributed by atoms with van der Waals surface area (Å²) in [5.74, 6) is 0.661. The van der Waals surface area contributed by atoms with Gasteiger partial charge in [0.1, 0.15) is 0 Å². The van der Waals surface area contributed by atoms with Gasteiger partial charge in [-0.3, -0.25) is 4.79 Å². The monoisotopic (exact) mass is 219 g/mol. The fourth-order valence-electron chi connectivity index (χ4n) is 0.941. The summed E-state index contributed by atoms with van der Waals surface area (Å²) >= 11 is 5.96. The first-order chi connectivity index (χ1) is 6.25. The van der Waals surface area contributed by atoms with E-state index in [4.69, 9.17) is 11.6 Å². The highest BCUT2D eigenvalue weighted by molar-refractivity contribution is 6.21. The fourth-order valence-corrected chi connectivity index (χ4v) is 0.996. The van der Waals surface area contributed by atoms with Gasteiger partial charge in [0.2, 0.25) is 5.91 Å². The summed E-state index contributed by atoms with van der Waals surface area (Å²) in [4.78, 5) is 11.5. The van der Waals surface area contributed by atoms with Crippen LogP contribution >= 0.6 is 11.6 Å². The highest BCUT2D eigenvalue weighted by Crippen LogP contribution is 2.15. The zero-order chi connectivity index (χ0) is 11.4. The van der Waals surface area contributed by atoms with E-state index >= 15 is 0 Å². The van der Waals surface area contributed by atoms with E-state index in [-0.39, 0.29) is 16.8 Å². The molecule has 0 aromatic carbocycles. The van der Waals surface area contributed by atoms with Crippen molar-refractivity contribution in [3.8, 4) is 0 Å². The molecule has 1 atom stereocenters. The van der Waals surface area contributed by atoms with Crippen LogP contribution in [0.4, 0.5) is 0 Å². The van der Waals surface area contributed by atoms with Crippen LogP contribution in [0.3, 0.4) is 0 Å². The standard InChI is InChI=1S/C11H22ClNO/c1-8(2)6-7-10(14)13-11(4,5)9(3)12/h8-9H,6-7H2,1-5H3,(H,13,14). The molecule has 0 spiro atoms. The molecule has 84 valence electrons. The van der Waals surface area contributed by atoms with Gasteiger partial charge in [0.25, 0.3) is 0 Å². The number of rotatable bonds is 5. The maximum Gasteiger partial charge on any atom is 0.220 e. The Morgan fingerprint density at radius 1 is 1.36 bits per heavy atom. The van der Waals surface area contributed by atoms with E-state index < -0.39 is 0 Å². The third-order valence-corrected chi connectivity index (χ3v) is 2.95. The Labute approximate surface area is 92.4 Å². The largest absolute Gasteiger partial charge is 0.350 e. The molecule has 0 saturated carbocycles. The molecule has 3 heteroatoms. The van der Waals surface area contributed by atoms with Crippen molar-refractivity contribution in [1.82, 2.24) is 5.32 Å². The molecule has 0 aliphatic heterocycles. The molecule has 0 fully saturated rings. The first kappa shape index (κ1) is 13.8. The quantitative estimate of drug-likeness (QED) is 0.708. The Morgan fingerprint density at radius 3 is 2.21 bits per heavy atom. The van der Waals surface area contributed by atoms with Crippen LogP contribution in [0.5, 0.6) is 0 Å². The molecule has 0 bridgehead atoms. The lowest BCUT2D eigenvalue weighted by atomic mass is 10.0. The lowest BCUT2D eigenvalue weighted by Crippen LogP contribution is -2.49. The van der Waals surface area contributed by atoms with Gasteiger partial charge in [0.15, 0.2) is 0 Å². The predicted molar refractivity (Wildman–Crippen MR) is 61.6 cm³/mol. The lowest BCUT2D eigenvalue weighted by Gasteiger charge is -2.29.